The molecule has 2 nitrogen and oxygen atoms in total. The van der Waals surface area contributed by atoms with E-state index in [9.17, 15) is 0 Å². The highest BCUT2D eigenvalue weighted by Gasteiger charge is 2.24. The van der Waals surface area contributed by atoms with Crippen molar-refractivity contribution in [2.24, 2.45) is 5.73 Å². The van der Waals surface area contributed by atoms with Gasteiger partial charge in [-0.05, 0) is 47.3 Å². The van der Waals surface area contributed by atoms with Crippen LogP contribution >= 0.6 is 39.0 Å². The van der Waals surface area contributed by atoms with Gasteiger partial charge in [0.1, 0.15) is 0 Å². The minimum atomic E-state index is 0.224. The van der Waals surface area contributed by atoms with Crippen LogP contribution in [0.15, 0.2) is 15.9 Å². The zero-order valence-electron chi connectivity index (χ0n) is 10.6. The minimum absolute atomic E-state index is 0.224. The van der Waals surface area contributed by atoms with Gasteiger partial charge in [-0.3, -0.25) is 0 Å². The van der Waals surface area contributed by atoms with E-state index in [1.165, 1.54) is 21.5 Å². The number of thioether (sulfide) groups is 1. The summed E-state index contributed by atoms with van der Waals surface area (Å²) in [5, 5.41) is 0.399. The fourth-order valence-corrected chi connectivity index (χ4v) is 5.30. The molecule has 2 heterocycles. The number of thiophene rings is 1. The van der Waals surface area contributed by atoms with Crippen LogP contribution in [0.3, 0.4) is 0 Å². The molecule has 3 atom stereocenters. The van der Waals surface area contributed by atoms with Gasteiger partial charge < -0.3 is 10.5 Å². The zero-order valence-corrected chi connectivity index (χ0v) is 13.8. The first-order valence-corrected chi connectivity index (χ1v) is 9.10. The SMILES string of the molecule is CCC(N)C(SCC1CCCO1)c1ccc(Br)s1. The van der Waals surface area contributed by atoms with E-state index in [1.807, 2.05) is 11.8 Å². The van der Waals surface area contributed by atoms with Gasteiger partial charge in [0.15, 0.2) is 0 Å². The van der Waals surface area contributed by atoms with Crippen LogP contribution in [0, 0.1) is 0 Å². The Hall–Kier alpha value is 0.450. The molecule has 0 saturated carbocycles. The first-order valence-electron chi connectivity index (χ1n) is 6.44. The Morgan fingerprint density at radius 2 is 2.44 bits per heavy atom. The van der Waals surface area contributed by atoms with Crippen molar-refractivity contribution in [3.05, 3.63) is 20.8 Å². The van der Waals surface area contributed by atoms with Gasteiger partial charge in [-0.2, -0.15) is 0 Å². The maximum atomic E-state index is 6.27. The largest absolute Gasteiger partial charge is 0.377 e. The first kappa shape index (κ1) is 14.9. The zero-order chi connectivity index (χ0) is 13.0. The Labute approximate surface area is 126 Å². The summed E-state index contributed by atoms with van der Waals surface area (Å²) in [5.74, 6) is 1.06. The third-order valence-corrected chi connectivity index (χ3v) is 6.60. The average Bonchev–Trinajstić information content (AvgIpc) is 3.01. The van der Waals surface area contributed by atoms with E-state index in [4.69, 9.17) is 10.5 Å². The Morgan fingerprint density at radius 3 is 3.00 bits per heavy atom. The molecule has 1 aliphatic rings. The topological polar surface area (TPSA) is 35.2 Å². The molecule has 5 heteroatoms. The van der Waals surface area contributed by atoms with Crippen LogP contribution in [-0.4, -0.2) is 24.5 Å². The van der Waals surface area contributed by atoms with Crippen molar-refractivity contribution in [2.75, 3.05) is 12.4 Å². The normalized spacial score (nSPS) is 23.2. The lowest BCUT2D eigenvalue weighted by Crippen LogP contribution is -2.26. The molecule has 1 fully saturated rings. The third-order valence-electron chi connectivity index (χ3n) is 3.22. The second-order valence-corrected chi connectivity index (χ2v) is 8.27. The lowest BCUT2D eigenvalue weighted by atomic mass is 10.1. The lowest BCUT2D eigenvalue weighted by Gasteiger charge is -2.22. The Kier molecular flexibility index (Phi) is 6.01. The highest BCUT2D eigenvalue weighted by molar-refractivity contribution is 9.11. The molecule has 0 amide bonds. The first-order chi connectivity index (χ1) is 8.70. The molecule has 2 rings (SSSR count). The number of rotatable bonds is 6. The van der Waals surface area contributed by atoms with E-state index in [0.717, 1.165) is 18.8 Å². The molecule has 102 valence electrons. The smallest absolute Gasteiger partial charge is 0.0701 e. The van der Waals surface area contributed by atoms with E-state index < -0.39 is 0 Å². The molecule has 0 aromatic carbocycles. The van der Waals surface area contributed by atoms with Gasteiger partial charge >= 0.3 is 0 Å². The van der Waals surface area contributed by atoms with Crippen LogP contribution in [0.5, 0.6) is 0 Å². The summed E-state index contributed by atoms with van der Waals surface area (Å²) in [4.78, 5) is 1.37. The van der Waals surface area contributed by atoms with Gasteiger partial charge in [-0.1, -0.05) is 6.92 Å². The summed E-state index contributed by atoms with van der Waals surface area (Å²) in [6.45, 7) is 3.09. The molecule has 1 aromatic heterocycles. The summed E-state index contributed by atoms with van der Waals surface area (Å²) >= 11 is 7.29. The van der Waals surface area contributed by atoms with E-state index in [1.54, 1.807) is 11.3 Å². The number of hydrogen-bond acceptors (Lipinski definition) is 4. The average molecular weight is 350 g/mol. The maximum absolute atomic E-state index is 6.27. The van der Waals surface area contributed by atoms with E-state index >= 15 is 0 Å². The number of nitrogens with two attached hydrogens (primary N) is 1. The second-order valence-electron chi connectivity index (χ2n) is 4.60. The molecule has 18 heavy (non-hydrogen) atoms. The molecule has 2 N–H and O–H groups in total. The van der Waals surface area contributed by atoms with E-state index in [0.29, 0.717) is 11.4 Å². The molecule has 1 aromatic rings. The van der Waals surface area contributed by atoms with Crippen molar-refractivity contribution in [1.82, 2.24) is 0 Å². The minimum Gasteiger partial charge on any atom is -0.377 e. The summed E-state index contributed by atoms with van der Waals surface area (Å²) in [5.41, 5.74) is 6.27. The molecular formula is C13H20BrNOS2. The van der Waals surface area contributed by atoms with Gasteiger partial charge in [0.25, 0.3) is 0 Å². The molecule has 0 spiro atoms. The van der Waals surface area contributed by atoms with Gasteiger partial charge in [0.05, 0.1) is 15.1 Å². The molecule has 1 saturated heterocycles. The van der Waals surface area contributed by atoms with Crippen LogP contribution in [0.4, 0.5) is 0 Å². The van der Waals surface area contributed by atoms with Gasteiger partial charge in [-0.15, -0.1) is 23.1 Å². The van der Waals surface area contributed by atoms with Crippen LogP contribution in [0.25, 0.3) is 0 Å². The van der Waals surface area contributed by atoms with Gasteiger partial charge in [-0.25, -0.2) is 0 Å². The molecule has 1 aliphatic heterocycles. The fraction of sp³-hybridized carbons (Fsp3) is 0.692. The predicted octanol–water partition coefficient (Wildman–Crippen LogP) is 4.20. The summed E-state index contributed by atoms with van der Waals surface area (Å²) in [6.07, 6.45) is 3.86. The van der Waals surface area contributed by atoms with E-state index in [2.05, 4.69) is 35.0 Å². The predicted molar refractivity (Wildman–Crippen MR) is 84.5 cm³/mol. The molecule has 3 unspecified atom stereocenters. The molecule has 0 bridgehead atoms. The van der Waals surface area contributed by atoms with Crippen molar-refractivity contribution in [3.8, 4) is 0 Å². The second kappa shape index (κ2) is 7.29. The van der Waals surface area contributed by atoms with Crippen LogP contribution in [0.1, 0.15) is 36.3 Å². The molecular weight excluding hydrogens is 330 g/mol. The standard InChI is InChI=1S/C13H20BrNOS2/c1-2-10(15)13(11-5-6-12(14)18-11)17-8-9-4-3-7-16-9/h5-6,9-10,13H,2-4,7-8,15H2,1H3. The van der Waals surface area contributed by atoms with Gasteiger partial charge in [0.2, 0.25) is 0 Å². The Morgan fingerprint density at radius 1 is 1.61 bits per heavy atom. The lowest BCUT2D eigenvalue weighted by molar-refractivity contribution is 0.128. The number of hydrogen-bond donors (Lipinski definition) is 1. The van der Waals surface area contributed by atoms with Gasteiger partial charge in [0, 0.05) is 23.3 Å². The summed E-state index contributed by atoms with van der Waals surface area (Å²) in [7, 11) is 0. The number of ether oxygens (including phenoxy) is 1. The van der Waals surface area contributed by atoms with Crippen LogP contribution < -0.4 is 5.73 Å². The molecule has 0 radical (unpaired) electrons. The van der Waals surface area contributed by atoms with Crippen molar-refractivity contribution < 1.29 is 4.74 Å². The van der Waals surface area contributed by atoms with Crippen molar-refractivity contribution >= 4 is 39.0 Å². The summed E-state index contributed by atoms with van der Waals surface area (Å²) in [6, 6.07) is 4.53. The van der Waals surface area contributed by atoms with Crippen LogP contribution in [0.2, 0.25) is 0 Å². The quantitative estimate of drug-likeness (QED) is 0.835. The fourth-order valence-electron chi connectivity index (χ4n) is 2.10. The van der Waals surface area contributed by atoms with Crippen LogP contribution in [-0.2, 0) is 4.74 Å². The van der Waals surface area contributed by atoms with Crippen molar-refractivity contribution in [3.63, 3.8) is 0 Å². The Bertz CT molecular complexity index is 366. The third kappa shape index (κ3) is 3.97. The number of halogens is 1. The monoisotopic (exact) mass is 349 g/mol. The maximum Gasteiger partial charge on any atom is 0.0701 e. The Balaban J connectivity index is 1.96. The van der Waals surface area contributed by atoms with Crippen molar-refractivity contribution in [1.29, 1.82) is 0 Å². The van der Waals surface area contributed by atoms with E-state index in [-0.39, 0.29) is 6.04 Å². The highest BCUT2D eigenvalue weighted by Crippen LogP contribution is 2.39. The van der Waals surface area contributed by atoms with Crippen molar-refractivity contribution in [2.45, 2.75) is 43.6 Å². The highest BCUT2D eigenvalue weighted by atomic mass is 79.9. The summed E-state index contributed by atoms with van der Waals surface area (Å²) < 4.78 is 6.87. The molecule has 0 aliphatic carbocycles.